The summed E-state index contributed by atoms with van der Waals surface area (Å²) in [6, 6.07) is 0. The number of rotatable bonds is 4. The normalized spacial score (nSPS) is 9.45. The molecule has 0 spiro atoms. The summed E-state index contributed by atoms with van der Waals surface area (Å²) in [6.45, 7) is 0. The summed E-state index contributed by atoms with van der Waals surface area (Å²) in [6.07, 6.45) is 0. The maximum absolute atomic E-state index is 6.87. The molecule has 0 fully saturated rings. The van der Waals surface area contributed by atoms with Crippen LogP contribution in [0.15, 0.2) is 0 Å². The van der Waals surface area contributed by atoms with E-state index < -0.39 is 0 Å². The topological polar surface area (TPSA) is 99.7 Å². The van der Waals surface area contributed by atoms with Gasteiger partial charge in [-0.15, -0.1) is 11.8 Å². The Hall–Kier alpha value is -0.0100. The van der Waals surface area contributed by atoms with Gasteiger partial charge in [-0.3, -0.25) is 10.8 Å². The molecule has 6 N–H and O–H groups in total. The zero-order valence-electron chi connectivity index (χ0n) is 5.79. The van der Waals surface area contributed by atoms with E-state index in [-0.39, 0.29) is 10.3 Å². The van der Waals surface area contributed by atoms with Gasteiger partial charge in [-0.25, -0.2) is 0 Å². The number of hydrogen-bond acceptors (Lipinski definition) is 5. The molecule has 0 unspecified atom stereocenters. The maximum Gasteiger partial charge on any atom is 0.151 e. The average Bonchev–Trinajstić information content (AvgIpc) is 1.85. The van der Waals surface area contributed by atoms with Crippen molar-refractivity contribution in [3.63, 3.8) is 0 Å². The number of hydrogen-bond donors (Lipinski definition) is 4. The molecule has 4 nitrogen and oxygen atoms in total. The fourth-order valence-electron chi connectivity index (χ4n) is 0.244. The first-order valence-electron chi connectivity index (χ1n) is 2.64. The fraction of sp³-hybridized carbons (Fsp3) is 0.500. The molecule has 0 saturated carbocycles. The van der Waals surface area contributed by atoms with Crippen molar-refractivity contribution < 1.29 is 0 Å². The highest BCUT2D eigenvalue weighted by Crippen LogP contribution is 2.16. The number of amidine groups is 2. The smallest absolute Gasteiger partial charge is 0.151 e. The SMILES string of the molecule is N=C(N)SCSCSC(=N)N. The van der Waals surface area contributed by atoms with Crippen molar-refractivity contribution in [2.45, 2.75) is 0 Å². The summed E-state index contributed by atoms with van der Waals surface area (Å²) in [5, 5.41) is 15.5. The van der Waals surface area contributed by atoms with Crippen LogP contribution in [0.1, 0.15) is 0 Å². The van der Waals surface area contributed by atoms with Gasteiger partial charge in [0.25, 0.3) is 0 Å². The first-order valence-corrected chi connectivity index (χ1v) is 5.77. The van der Waals surface area contributed by atoms with E-state index in [2.05, 4.69) is 0 Å². The third-order valence-electron chi connectivity index (χ3n) is 0.596. The standard InChI is InChI=1S/C4H10N4S3/c5-3(6)10-1-9-2-11-4(7)8/h1-2H2,(H3,5,6)(H3,7,8). The Morgan fingerprint density at radius 3 is 1.64 bits per heavy atom. The zero-order chi connectivity index (χ0) is 8.69. The van der Waals surface area contributed by atoms with Crippen LogP contribution in [0.25, 0.3) is 0 Å². The Morgan fingerprint density at radius 1 is 1.00 bits per heavy atom. The molecule has 0 aromatic rings. The van der Waals surface area contributed by atoms with Crippen LogP contribution in [0.5, 0.6) is 0 Å². The van der Waals surface area contributed by atoms with Crippen molar-refractivity contribution in [2.75, 3.05) is 10.2 Å². The minimum atomic E-state index is 0.130. The monoisotopic (exact) mass is 210 g/mol. The van der Waals surface area contributed by atoms with Gasteiger partial charge in [0, 0.05) is 10.2 Å². The lowest BCUT2D eigenvalue weighted by Crippen LogP contribution is -2.05. The van der Waals surface area contributed by atoms with E-state index in [1.165, 1.54) is 23.5 Å². The van der Waals surface area contributed by atoms with Gasteiger partial charge in [0.15, 0.2) is 10.3 Å². The second-order valence-electron chi connectivity index (χ2n) is 1.46. The Labute approximate surface area is 78.3 Å². The number of nitrogens with two attached hydrogens (primary N) is 2. The molecule has 0 radical (unpaired) electrons. The summed E-state index contributed by atoms with van der Waals surface area (Å²) in [4.78, 5) is 0. The predicted molar refractivity (Wildman–Crippen MR) is 56.3 cm³/mol. The number of nitrogens with one attached hydrogen (secondary N) is 2. The van der Waals surface area contributed by atoms with E-state index in [1.807, 2.05) is 0 Å². The molecule has 0 aromatic carbocycles. The molecule has 0 amide bonds. The summed E-state index contributed by atoms with van der Waals surface area (Å²) in [5.74, 6) is 0. The fourth-order valence-corrected chi connectivity index (χ4v) is 2.81. The molecular weight excluding hydrogens is 200 g/mol. The first kappa shape index (κ1) is 11.0. The molecule has 7 heteroatoms. The van der Waals surface area contributed by atoms with Crippen molar-refractivity contribution in [1.29, 1.82) is 10.8 Å². The van der Waals surface area contributed by atoms with Gasteiger partial charge in [0.1, 0.15) is 0 Å². The van der Waals surface area contributed by atoms with Crippen molar-refractivity contribution in [3.05, 3.63) is 0 Å². The van der Waals surface area contributed by atoms with Crippen LogP contribution < -0.4 is 11.5 Å². The Balaban J connectivity index is 3.03. The predicted octanol–water partition coefficient (Wildman–Crippen LogP) is 0.888. The van der Waals surface area contributed by atoms with Crippen LogP contribution >= 0.6 is 35.3 Å². The third kappa shape index (κ3) is 9.99. The molecular formula is C4H10N4S3. The molecule has 0 bridgehead atoms. The second kappa shape index (κ2) is 6.68. The van der Waals surface area contributed by atoms with Crippen LogP contribution in [0.4, 0.5) is 0 Å². The van der Waals surface area contributed by atoms with Crippen LogP contribution in [-0.2, 0) is 0 Å². The van der Waals surface area contributed by atoms with Crippen LogP contribution in [0.2, 0.25) is 0 Å². The van der Waals surface area contributed by atoms with Gasteiger partial charge in [0.05, 0.1) is 0 Å². The summed E-state index contributed by atoms with van der Waals surface area (Å²) in [7, 11) is 0. The highest BCUT2D eigenvalue weighted by molar-refractivity contribution is 8.30. The van der Waals surface area contributed by atoms with E-state index in [9.17, 15) is 0 Å². The van der Waals surface area contributed by atoms with Gasteiger partial charge >= 0.3 is 0 Å². The lowest BCUT2D eigenvalue weighted by Gasteiger charge is -1.98. The van der Waals surface area contributed by atoms with Crippen LogP contribution in [0.3, 0.4) is 0 Å². The Morgan fingerprint density at radius 2 is 1.36 bits per heavy atom. The average molecular weight is 210 g/mol. The van der Waals surface area contributed by atoms with Crippen LogP contribution in [0, 0.1) is 10.8 Å². The lowest BCUT2D eigenvalue weighted by molar-refractivity contribution is 1.51. The molecule has 0 saturated heterocycles. The first-order chi connectivity index (χ1) is 5.13. The molecule has 0 rings (SSSR count). The van der Waals surface area contributed by atoms with E-state index in [1.54, 1.807) is 11.8 Å². The second-order valence-corrected chi connectivity index (χ2v) is 5.21. The largest absolute Gasteiger partial charge is 0.379 e. The minimum Gasteiger partial charge on any atom is -0.379 e. The molecule has 0 atom stereocenters. The van der Waals surface area contributed by atoms with E-state index in [0.717, 1.165) is 10.2 Å². The quantitative estimate of drug-likeness (QED) is 0.239. The molecule has 64 valence electrons. The summed E-state index contributed by atoms with van der Waals surface area (Å²) in [5.41, 5.74) is 10.2. The lowest BCUT2D eigenvalue weighted by atomic mass is 11.4. The van der Waals surface area contributed by atoms with Crippen LogP contribution in [-0.4, -0.2) is 20.5 Å². The molecule has 0 heterocycles. The summed E-state index contributed by atoms with van der Waals surface area (Å²) < 4.78 is 0. The highest BCUT2D eigenvalue weighted by Gasteiger charge is 1.93. The zero-order valence-corrected chi connectivity index (χ0v) is 8.24. The molecule has 11 heavy (non-hydrogen) atoms. The van der Waals surface area contributed by atoms with Crippen molar-refractivity contribution in [2.24, 2.45) is 11.5 Å². The van der Waals surface area contributed by atoms with Crippen molar-refractivity contribution >= 4 is 45.6 Å². The van der Waals surface area contributed by atoms with Gasteiger partial charge in [-0.05, 0) is 0 Å². The molecule has 0 aliphatic heterocycles. The third-order valence-corrected chi connectivity index (χ3v) is 3.49. The molecule has 0 aliphatic rings. The van der Waals surface area contributed by atoms with Crippen molar-refractivity contribution in [1.82, 2.24) is 0 Å². The van der Waals surface area contributed by atoms with Gasteiger partial charge in [-0.1, -0.05) is 23.5 Å². The van der Waals surface area contributed by atoms with Gasteiger partial charge in [-0.2, -0.15) is 0 Å². The van der Waals surface area contributed by atoms with Gasteiger partial charge < -0.3 is 11.5 Å². The van der Waals surface area contributed by atoms with Gasteiger partial charge in [0.2, 0.25) is 0 Å². The van der Waals surface area contributed by atoms with E-state index in [4.69, 9.17) is 22.3 Å². The van der Waals surface area contributed by atoms with E-state index >= 15 is 0 Å². The Bertz CT molecular complexity index is 132. The molecule has 0 aromatic heterocycles. The van der Waals surface area contributed by atoms with E-state index in [0.29, 0.717) is 0 Å². The van der Waals surface area contributed by atoms with Crippen molar-refractivity contribution in [3.8, 4) is 0 Å². The molecule has 0 aliphatic carbocycles. The highest BCUT2D eigenvalue weighted by atomic mass is 32.2. The number of thioether (sulfide) groups is 3. The summed E-state index contributed by atoms with van der Waals surface area (Å²) >= 11 is 4.16. The maximum atomic E-state index is 6.87. The Kier molecular flexibility index (Phi) is 6.68. The minimum absolute atomic E-state index is 0.130.